The van der Waals surface area contributed by atoms with Gasteiger partial charge < -0.3 is 10.4 Å². The number of benzene rings is 1. The van der Waals surface area contributed by atoms with Crippen molar-refractivity contribution < 1.29 is 14.3 Å². The van der Waals surface area contributed by atoms with Crippen LogP contribution in [-0.2, 0) is 4.79 Å². The number of carbonyl (C=O) groups is 1. The lowest BCUT2D eigenvalue weighted by molar-refractivity contribution is -0.123. The first kappa shape index (κ1) is 9.71. The van der Waals surface area contributed by atoms with Crippen molar-refractivity contribution in [1.82, 2.24) is 0 Å². The van der Waals surface area contributed by atoms with E-state index in [4.69, 9.17) is 23.2 Å². The number of fused-ring (bicyclic) bond motifs is 1. The van der Waals surface area contributed by atoms with Gasteiger partial charge in [0, 0.05) is 5.56 Å². The maximum Gasteiger partial charge on any atom is 0.257 e. The minimum Gasteiger partial charge on any atom is -0.378 e. The quantitative estimate of drug-likeness (QED) is 0.677. The van der Waals surface area contributed by atoms with Crippen LogP contribution in [-0.4, -0.2) is 11.0 Å². The fourth-order valence-corrected chi connectivity index (χ4v) is 1.87. The van der Waals surface area contributed by atoms with Crippen molar-refractivity contribution in [2.45, 2.75) is 6.10 Å². The van der Waals surface area contributed by atoms with E-state index in [2.05, 4.69) is 5.32 Å². The molecule has 0 spiro atoms. The highest BCUT2D eigenvalue weighted by molar-refractivity contribution is 6.36. The number of carbonyl (C=O) groups excluding carboxylic acids is 1. The maximum absolute atomic E-state index is 13.2. The van der Waals surface area contributed by atoms with Crippen LogP contribution in [0.5, 0.6) is 0 Å². The third-order valence-electron chi connectivity index (χ3n) is 1.98. The second-order valence-corrected chi connectivity index (χ2v) is 3.62. The average molecular weight is 236 g/mol. The number of hydrogen-bond acceptors (Lipinski definition) is 2. The molecule has 0 aliphatic carbocycles. The van der Waals surface area contributed by atoms with E-state index in [1.165, 1.54) is 6.07 Å². The normalized spacial score (nSPS) is 19.4. The summed E-state index contributed by atoms with van der Waals surface area (Å²) in [5, 5.41) is 11.2. The summed E-state index contributed by atoms with van der Waals surface area (Å²) in [7, 11) is 0. The number of nitrogens with one attached hydrogen (secondary N) is 1. The number of hydrogen-bond donors (Lipinski definition) is 2. The van der Waals surface area contributed by atoms with Crippen LogP contribution < -0.4 is 5.32 Å². The highest BCUT2D eigenvalue weighted by atomic mass is 35.5. The van der Waals surface area contributed by atoms with Gasteiger partial charge in [-0.2, -0.15) is 0 Å². The van der Waals surface area contributed by atoms with E-state index in [9.17, 15) is 14.3 Å². The highest BCUT2D eigenvalue weighted by Crippen LogP contribution is 2.40. The van der Waals surface area contributed by atoms with Crippen LogP contribution in [0.4, 0.5) is 10.1 Å². The zero-order valence-electron chi connectivity index (χ0n) is 6.64. The monoisotopic (exact) mass is 235 g/mol. The van der Waals surface area contributed by atoms with Crippen LogP contribution in [0.2, 0.25) is 10.0 Å². The lowest BCUT2D eigenvalue weighted by atomic mass is 10.1. The third kappa shape index (κ3) is 1.19. The summed E-state index contributed by atoms with van der Waals surface area (Å²) in [5.41, 5.74) is 0.289. The number of aliphatic hydroxyl groups excluding tert-OH is 1. The Bertz CT molecular complexity index is 436. The lowest BCUT2D eigenvalue weighted by Crippen LogP contribution is -2.10. The lowest BCUT2D eigenvalue weighted by Gasteiger charge is -2.05. The molecule has 6 heteroatoms. The Labute approximate surface area is 88.4 Å². The van der Waals surface area contributed by atoms with Crippen molar-refractivity contribution in [1.29, 1.82) is 0 Å². The fourth-order valence-electron chi connectivity index (χ4n) is 1.31. The van der Waals surface area contributed by atoms with Crippen molar-refractivity contribution in [3.63, 3.8) is 0 Å². The number of halogens is 3. The Morgan fingerprint density at radius 1 is 1.50 bits per heavy atom. The molecule has 0 bridgehead atoms. The Morgan fingerprint density at radius 3 is 2.79 bits per heavy atom. The summed E-state index contributed by atoms with van der Waals surface area (Å²) in [6.45, 7) is 0. The van der Waals surface area contributed by atoms with Gasteiger partial charge in [-0.05, 0) is 6.07 Å². The number of amides is 1. The molecule has 1 aliphatic rings. The van der Waals surface area contributed by atoms with E-state index in [1.807, 2.05) is 0 Å². The van der Waals surface area contributed by atoms with Gasteiger partial charge in [0.05, 0.1) is 15.7 Å². The Hall–Kier alpha value is -0.840. The van der Waals surface area contributed by atoms with Crippen molar-refractivity contribution in [3.05, 3.63) is 27.5 Å². The molecule has 0 fully saturated rings. The molecule has 1 aromatic rings. The summed E-state index contributed by atoms with van der Waals surface area (Å²) in [6.07, 6.45) is -1.43. The predicted molar refractivity (Wildman–Crippen MR) is 50.0 cm³/mol. The topological polar surface area (TPSA) is 49.3 Å². The Kier molecular flexibility index (Phi) is 2.14. The van der Waals surface area contributed by atoms with Crippen LogP contribution in [0.15, 0.2) is 6.07 Å². The van der Waals surface area contributed by atoms with Gasteiger partial charge in [0.15, 0.2) is 11.9 Å². The minimum atomic E-state index is -1.43. The summed E-state index contributed by atoms with van der Waals surface area (Å²) < 4.78 is 13.2. The molecule has 3 nitrogen and oxygen atoms in total. The molecule has 1 atom stereocenters. The van der Waals surface area contributed by atoms with Gasteiger partial charge in [0.1, 0.15) is 0 Å². The zero-order chi connectivity index (χ0) is 10.5. The molecule has 1 aromatic carbocycles. The fraction of sp³-hybridized carbons (Fsp3) is 0.125. The van der Waals surface area contributed by atoms with Crippen LogP contribution in [0.1, 0.15) is 11.7 Å². The first-order chi connectivity index (χ1) is 6.52. The SMILES string of the molecule is O=C1Nc2cc(Cl)c(F)c(Cl)c2C1O. The van der Waals surface area contributed by atoms with Crippen molar-refractivity contribution in [3.8, 4) is 0 Å². The molecule has 0 saturated carbocycles. The van der Waals surface area contributed by atoms with Gasteiger partial charge in [0.2, 0.25) is 0 Å². The molecule has 1 aliphatic heterocycles. The second kappa shape index (κ2) is 3.08. The average Bonchev–Trinajstić information content (AvgIpc) is 2.39. The minimum absolute atomic E-state index is 0.0403. The van der Waals surface area contributed by atoms with Gasteiger partial charge in [-0.3, -0.25) is 4.79 Å². The summed E-state index contributed by atoms with van der Waals surface area (Å²) in [4.78, 5) is 11.0. The first-order valence-electron chi connectivity index (χ1n) is 3.68. The van der Waals surface area contributed by atoms with Gasteiger partial charge in [-0.1, -0.05) is 23.2 Å². The number of anilines is 1. The second-order valence-electron chi connectivity index (χ2n) is 2.84. The highest BCUT2D eigenvalue weighted by Gasteiger charge is 2.33. The van der Waals surface area contributed by atoms with E-state index in [0.717, 1.165) is 0 Å². The molecule has 0 radical (unpaired) electrons. The van der Waals surface area contributed by atoms with Gasteiger partial charge in [-0.15, -0.1) is 0 Å². The standard InChI is InChI=1S/C8H4Cl2FNO2/c9-2-1-3-4(5(10)6(2)11)7(13)8(14)12-3/h1,7,13H,(H,12,14). The van der Waals surface area contributed by atoms with E-state index in [1.54, 1.807) is 0 Å². The Morgan fingerprint density at radius 2 is 2.14 bits per heavy atom. The summed E-state index contributed by atoms with van der Waals surface area (Å²) >= 11 is 11.1. The first-order valence-corrected chi connectivity index (χ1v) is 4.44. The summed E-state index contributed by atoms with van der Waals surface area (Å²) in [5.74, 6) is -1.47. The molecular formula is C8H4Cl2FNO2. The zero-order valence-corrected chi connectivity index (χ0v) is 8.16. The maximum atomic E-state index is 13.2. The van der Waals surface area contributed by atoms with Crippen LogP contribution >= 0.6 is 23.2 Å². The van der Waals surface area contributed by atoms with E-state index >= 15 is 0 Å². The molecule has 14 heavy (non-hydrogen) atoms. The van der Waals surface area contributed by atoms with E-state index < -0.39 is 17.8 Å². The third-order valence-corrected chi connectivity index (χ3v) is 2.62. The van der Waals surface area contributed by atoms with Crippen LogP contribution in [0, 0.1) is 5.82 Å². The molecule has 1 amide bonds. The molecule has 1 unspecified atom stereocenters. The largest absolute Gasteiger partial charge is 0.378 e. The Balaban J connectivity index is 2.70. The van der Waals surface area contributed by atoms with Crippen molar-refractivity contribution >= 4 is 34.8 Å². The van der Waals surface area contributed by atoms with Gasteiger partial charge >= 0.3 is 0 Å². The number of rotatable bonds is 0. The molecule has 2 N–H and O–H groups in total. The van der Waals surface area contributed by atoms with E-state index in [0.29, 0.717) is 0 Å². The van der Waals surface area contributed by atoms with Crippen LogP contribution in [0.3, 0.4) is 0 Å². The molecule has 0 aromatic heterocycles. The smallest absolute Gasteiger partial charge is 0.257 e. The molecule has 74 valence electrons. The van der Waals surface area contributed by atoms with Crippen molar-refractivity contribution in [2.75, 3.05) is 5.32 Å². The van der Waals surface area contributed by atoms with Gasteiger partial charge in [-0.25, -0.2) is 4.39 Å². The van der Waals surface area contributed by atoms with Crippen LogP contribution in [0.25, 0.3) is 0 Å². The predicted octanol–water partition coefficient (Wildman–Crippen LogP) is 2.12. The molecule has 0 saturated heterocycles. The molecular weight excluding hydrogens is 232 g/mol. The van der Waals surface area contributed by atoms with Crippen molar-refractivity contribution in [2.24, 2.45) is 0 Å². The van der Waals surface area contributed by atoms with Gasteiger partial charge in [0.25, 0.3) is 5.91 Å². The molecule has 1 heterocycles. The summed E-state index contributed by atoms with van der Waals surface area (Å²) in [6, 6.07) is 1.21. The number of aliphatic hydroxyl groups is 1. The molecule has 2 rings (SSSR count). The van der Waals surface area contributed by atoms with E-state index in [-0.39, 0.29) is 21.3 Å².